The fourth-order valence-corrected chi connectivity index (χ4v) is 6.67. The molecule has 0 bridgehead atoms. The van der Waals surface area contributed by atoms with Gasteiger partial charge in [0, 0.05) is 5.56 Å². The molecule has 1 atom stereocenters. The number of hydroxylamine groups is 1. The Morgan fingerprint density at radius 2 is 1.41 bits per heavy atom. The van der Waals surface area contributed by atoms with Crippen molar-refractivity contribution in [3.8, 4) is 12.1 Å². The van der Waals surface area contributed by atoms with Gasteiger partial charge in [0.25, 0.3) is 10.1 Å². The van der Waals surface area contributed by atoms with Crippen LogP contribution in [0.5, 0.6) is 0 Å². The van der Waals surface area contributed by atoms with Gasteiger partial charge in [-0.3, -0.25) is 4.28 Å². The van der Waals surface area contributed by atoms with Gasteiger partial charge in [-0.1, -0.05) is 67.9 Å². The molecule has 1 aromatic rings. The van der Waals surface area contributed by atoms with Crippen molar-refractivity contribution in [1.29, 1.82) is 10.5 Å². The molecule has 2 aliphatic carbocycles. The number of benzene rings is 1. The van der Waals surface area contributed by atoms with Crippen molar-refractivity contribution in [2.24, 2.45) is 5.16 Å². The summed E-state index contributed by atoms with van der Waals surface area (Å²) in [6.07, 6.45) is 7.34. The normalized spacial score (nSPS) is 19.6. The second kappa shape index (κ2) is 11.8. The first-order valence-electron chi connectivity index (χ1n) is 11.3. The van der Waals surface area contributed by atoms with Gasteiger partial charge < -0.3 is 0 Å². The molecule has 2 aliphatic rings. The van der Waals surface area contributed by atoms with Crippen molar-refractivity contribution in [3.05, 3.63) is 35.4 Å². The molecular weight excluding hydrogens is 480 g/mol. The molecule has 184 valence electrons. The lowest BCUT2D eigenvalue weighted by molar-refractivity contribution is 0.178. The van der Waals surface area contributed by atoms with Gasteiger partial charge in [-0.2, -0.15) is 37.1 Å². The molecule has 0 unspecified atom stereocenters. The maximum Gasteiger partial charge on any atom is 0.331 e. The van der Waals surface area contributed by atoms with Crippen LogP contribution in [0, 0.1) is 22.7 Å². The summed E-state index contributed by atoms with van der Waals surface area (Å²) >= 11 is 0. The molecular formula is C22H28N4O6S2. The van der Waals surface area contributed by atoms with Crippen LogP contribution in [0.3, 0.4) is 0 Å². The number of hydrogen-bond acceptors (Lipinski definition) is 10. The number of oxime groups is 1. The van der Waals surface area contributed by atoms with Crippen LogP contribution < -0.4 is 5.48 Å². The quantitative estimate of drug-likeness (QED) is 0.390. The van der Waals surface area contributed by atoms with E-state index in [0.29, 0.717) is 31.2 Å². The summed E-state index contributed by atoms with van der Waals surface area (Å²) in [5, 5.41) is 21.2. The summed E-state index contributed by atoms with van der Waals surface area (Å²) in [5.41, 5.74) is 2.78. The lowest BCUT2D eigenvalue weighted by atomic mass is 10.0. The van der Waals surface area contributed by atoms with Crippen molar-refractivity contribution >= 4 is 25.9 Å². The Balaban J connectivity index is 1.65. The van der Waals surface area contributed by atoms with Crippen LogP contribution in [-0.4, -0.2) is 33.0 Å². The summed E-state index contributed by atoms with van der Waals surface area (Å²) in [5.74, 6) is 0. The average Bonchev–Trinajstić information content (AvgIpc) is 2.86. The van der Waals surface area contributed by atoms with Gasteiger partial charge in [-0.15, -0.1) is 0 Å². The third kappa shape index (κ3) is 6.76. The first-order chi connectivity index (χ1) is 16.3. The number of hydrogen-bond donors (Lipinski definition) is 1. The third-order valence-electron chi connectivity index (χ3n) is 6.19. The van der Waals surface area contributed by atoms with Crippen molar-refractivity contribution in [2.45, 2.75) is 80.7 Å². The van der Waals surface area contributed by atoms with Gasteiger partial charge in [0.2, 0.25) is 0 Å². The zero-order valence-electron chi connectivity index (χ0n) is 18.7. The largest absolute Gasteiger partial charge is 0.331 e. The standard InChI is InChI=1S/C22H28N4O6S2/c23-15-21(25-31-33(27,28)19-7-3-1-4-8-19)17-11-13-18(14-12-17)22(16-24)26-32-34(29,30)20-9-5-2-6-10-20/h11-14,19-21,25H,1-10H2/t21-/m1/s1. The summed E-state index contributed by atoms with van der Waals surface area (Å²) in [6, 6.07) is 8.61. The topological polar surface area (TPSA) is 159 Å². The maximum absolute atomic E-state index is 12.4. The van der Waals surface area contributed by atoms with Crippen LogP contribution in [-0.2, 0) is 28.8 Å². The van der Waals surface area contributed by atoms with Crippen LogP contribution in [0.2, 0.25) is 0 Å². The molecule has 0 aliphatic heterocycles. The highest BCUT2D eigenvalue weighted by Gasteiger charge is 2.30. The van der Waals surface area contributed by atoms with E-state index in [0.717, 1.165) is 38.5 Å². The lowest BCUT2D eigenvalue weighted by Crippen LogP contribution is -2.32. The molecule has 0 aromatic heterocycles. The van der Waals surface area contributed by atoms with E-state index < -0.39 is 36.8 Å². The number of nitrogens with one attached hydrogen (secondary N) is 1. The molecule has 0 amide bonds. The first kappa shape index (κ1) is 26.1. The van der Waals surface area contributed by atoms with Gasteiger partial charge in [-0.25, -0.2) is 0 Å². The molecule has 2 saturated carbocycles. The Morgan fingerprint density at radius 3 is 1.91 bits per heavy atom. The van der Waals surface area contributed by atoms with E-state index >= 15 is 0 Å². The highest BCUT2D eigenvalue weighted by Crippen LogP contribution is 2.26. The van der Waals surface area contributed by atoms with E-state index in [1.54, 1.807) is 0 Å². The SMILES string of the molecule is N#CC(=NOS(=O)(=O)C1CCCCC1)c1ccc([C@@H](C#N)NOS(=O)(=O)C2CCCCC2)cc1. The minimum atomic E-state index is -3.92. The molecule has 10 nitrogen and oxygen atoms in total. The molecule has 0 radical (unpaired) electrons. The molecule has 3 rings (SSSR count). The summed E-state index contributed by atoms with van der Waals surface area (Å²) in [7, 11) is -7.77. The van der Waals surface area contributed by atoms with Crippen LogP contribution in [0.4, 0.5) is 0 Å². The lowest BCUT2D eigenvalue weighted by Gasteiger charge is -2.21. The van der Waals surface area contributed by atoms with E-state index in [1.165, 1.54) is 24.3 Å². The van der Waals surface area contributed by atoms with Crippen LogP contribution in [0.25, 0.3) is 0 Å². The van der Waals surface area contributed by atoms with Gasteiger partial charge >= 0.3 is 10.1 Å². The number of nitriles is 2. The zero-order valence-corrected chi connectivity index (χ0v) is 20.4. The predicted molar refractivity (Wildman–Crippen MR) is 124 cm³/mol. The van der Waals surface area contributed by atoms with Gasteiger partial charge in [0.1, 0.15) is 12.1 Å². The van der Waals surface area contributed by atoms with Crippen molar-refractivity contribution in [2.75, 3.05) is 0 Å². The Morgan fingerprint density at radius 1 is 0.882 bits per heavy atom. The Kier molecular flexibility index (Phi) is 9.03. The number of nitrogens with zero attached hydrogens (tertiary/aromatic N) is 3. The molecule has 0 spiro atoms. The Hall–Kier alpha value is -2.51. The summed E-state index contributed by atoms with van der Waals surface area (Å²) < 4.78 is 59.2. The molecule has 34 heavy (non-hydrogen) atoms. The van der Waals surface area contributed by atoms with Crippen LogP contribution in [0.1, 0.15) is 81.4 Å². The Bertz CT molecular complexity index is 1160. The smallest absolute Gasteiger partial charge is 0.267 e. The molecule has 1 N–H and O–H groups in total. The van der Waals surface area contributed by atoms with Crippen molar-refractivity contribution in [1.82, 2.24) is 5.48 Å². The molecule has 1 aromatic carbocycles. The second-order valence-corrected chi connectivity index (χ2v) is 12.1. The molecule has 0 heterocycles. The number of rotatable bonds is 9. The van der Waals surface area contributed by atoms with Crippen molar-refractivity contribution in [3.63, 3.8) is 0 Å². The minimum absolute atomic E-state index is 0.233. The van der Waals surface area contributed by atoms with Gasteiger partial charge in [0.15, 0.2) is 5.71 Å². The predicted octanol–water partition coefficient (Wildman–Crippen LogP) is 3.34. The van der Waals surface area contributed by atoms with E-state index in [9.17, 15) is 27.4 Å². The van der Waals surface area contributed by atoms with Crippen LogP contribution in [0.15, 0.2) is 29.4 Å². The summed E-state index contributed by atoms with van der Waals surface area (Å²) in [6.45, 7) is 0. The van der Waals surface area contributed by atoms with E-state index in [4.69, 9.17) is 8.57 Å². The zero-order chi connectivity index (χ0) is 24.6. The highest BCUT2D eigenvalue weighted by atomic mass is 32.2. The summed E-state index contributed by atoms with van der Waals surface area (Å²) in [4.78, 5) is 0. The van der Waals surface area contributed by atoms with Gasteiger partial charge in [-0.05, 0) is 31.2 Å². The van der Waals surface area contributed by atoms with E-state index in [2.05, 4.69) is 10.6 Å². The highest BCUT2D eigenvalue weighted by molar-refractivity contribution is 7.87. The monoisotopic (exact) mass is 508 g/mol. The Labute approximate surface area is 200 Å². The molecule has 0 saturated heterocycles. The second-order valence-electron chi connectivity index (χ2n) is 8.52. The first-order valence-corrected chi connectivity index (χ1v) is 14.3. The fourth-order valence-electron chi connectivity index (χ4n) is 4.18. The molecule has 2 fully saturated rings. The third-order valence-corrected chi connectivity index (χ3v) is 9.37. The fraction of sp³-hybridized carbons (Fsp3) is 0.591. The van der Waals surface area contributed by atoms with Gasteiger partial charge in [0.05, 0.1) is 16.6 Å². The average molecular weight is 509 g/mol. The molecule has 12 heteroatoms. The maximum atomic E-state index is 12.4. The van der Waals surface area contributed by atoms with E-state index in [1.807, 2.05) is 12.1 Å². The van der Waals surface area contributed by atoms with Crippen LogP contribution >= 0.6 is 0 Å². The van der Waals surface area contributed by atoms with E-state index in [-0.39, 0.29) is 11.3 Å². The van der Waals surface area contributed by atoms with Crippen molar-refractivity contribution < 1.29 is 25.4 Å². The minimum Gasteiger partial charge on any atom is -0.267 e.